The van der Waals surface area contributed by atoms with Gasteiger partial charge in [0.05, 0.1) is 16.7 Å². The van der Waals surface area contributed by atoms with Gasteiger partial charge in [0.2, 0.25) is 0 Å². The quantitative estimate of drug-likeness (QED) is 0.509. The molecule has 4 nitrogen and oxygen atoms in total. The third kappa shape index (κ3) is 6.85. The summed E-state index contributed by atoms with van der Waals surface area (Å²) in [4.78, 5) is 0. The monoisotopic (exact) mass is 415 g/mol. The molecule has 0 saturated carbocycles. The SMILES string of the molecule is CCOc1cc(CNCCCOC)cc(Cl)c1OCc1ccc(F)cc1Cl. The highest BCUT2D eigenvalue weighted by Gasteiger charge is 2.14. The lowest BCUT2D eigenvalue weighted by molar-refractivity contribution is 0.194. The molecule has 148 valence electrons. The van der Waals surface area contributed by atoms with Crippen molar-refractivity contribution in [1.29, 1.82) is 0 Å². The topological polar surface area (TPSA) is 39.7 Å². The number of halogens is 3. The van der Waals surface area contributed by atoms with E-state index in [2.05, 4.69) is 5.32 Å². The van der Waals surface area contributed by atoms with Crippen molar-refractivity contribution in [2.75, 3.05) is 26.9 Å². The van der Waals surface area contributed by atoms with Crippen LogP contribution in [0.3, 0.4) is 0 Å². The fourth-order valence-corrected chi connectivity index (χ4v) is 3.00. The molecule has 27 heavy (non-hydrogen) atoms. The second kappa shape index (κ2) is 11.3. The maximum atomic E-state index is 13.2. The van der Waals surface area contributed by atoms with E-state index in [4.69, 9.17) is 37.4 Å². The van der Waals surface area contributed by atoms with E-state index in [0.717, 1.165) is 25.1 Å². The summed E-state index contributed by atoms with van der Waals surface area (Å²) in [5, 5.41) is 4.09. The molecule has 0 heterocycles. The summed E-state index contributed by atoms with van der Waals surface area (Å²) in [7, 11) is 1.69. The number of ether oxygens (including phenoxy) is 3. The van der Waals surface area contributed by atoms with Crippen LogP contribution in [0.1, 0.15) is 24.5 Å². The molecule has 0 spiro atoms. The number of hydrogen-bond acceptors (Lipinski definition) is 4. The van der Waals surface area contributed by atoms with Gasteiger partial charge in [-0.05, 0) is 49.7 Å². The lowest BCUT2D eigenvalue weighted by atomic mass is 10.2. The van der Waals surface area contributed by atoms with Crippen molar-refractivity contribution in [3.05, 3.63) is 57.3 Å². The second-order valence-electron chi connectivity index (χ2n) is 5.89. The highest BCUT2D eigenvalue weighted by molar-refractivity contribution is 6.32. The van der Waals surface area contributed by atoms with E-state index in [1.807, 2.05) is 19.1 Å². The Bertz CT molecular complexity index is 743. The molecule has 0 radical (unpaired) electrons. The van der Waals surface area contributed by atoms with E-state index in [0.29, 0.717) is 40.3 Å². The lowest BCUT2D eigenvalue weighted by Gasteiger charge is -2.16. The van der Waals surface area contributed by atoms with Gasteiger partial charge in [-0.2, -0.15) is 0 Å². The molecule has 0 fully saturated rings. The number of rotatable bonds is 11. The van der Waals surface area contributed by atoms with Gasteiger partial charge in [0, 0.05) is 25.8 Å². The zero-order chi connectivity index (χ0) is 19.6. The molecule has 0 atom stereocenters. The van der Waals surface area contributed by atoms with Crippen molar-refractivity contribution in [2.45, 2.75) is 26.5 Å². The third-order valence-electron chi connectivity index (χ3n) is 3.79. The minimum Gasteiger partial charge on any atom is -0.490 e. The molecule has 0 aliphatic rings. The van der Waals surface area contributed by atoms with Gasteiger partial charge in [0.1, 0.15) is 12.4 Å². The smallest absolute Gasteiger partial charge is 0.180 e. The van der Waals surface area contributed by atoms with Crippen molar-refractivity contribution in [1.82, 2.24) is 5.32 Å². The average Bonchev–Trinajstić information content (AvgIpc) is 2.62. The van der Waals surface area contributed by atoms with Crippen molar-refractivity contribution in [3.8, 4) is 11.5 Å². The van der Waals surface area contributed by atoms with Crippen molar-refractivity contribution >= 4 is 23.2 Å². The number of nitrogens with one attached hydrogen (secondary N) is 1. The van der Waals surface area contributed by atoms with Crippen LogP contribution in [-0.4, -0.2) is 26.9 Å². The molecule has 0 amide bonds. The maximum absolute atomic E-state index is 13.2. The molecule has 0 aromatic heterocycles. The molecule has 2 rings (SSSR count). The Morgan fingerprint density at radius 2 is 1.89 bits per heavy atom. The summed E-state index contributed by atoms with van der Waals surface area (Å²) in [6.07, 6.45) is 0.933. The van der Waals surface area contributed by atoms with Crippen LogP contribution in [0.4, 0.5) is 4.39 Å². The fourth-order valence-electron chi connectivity index (χ4n) is 2.49. The van der Waals surface area contributed by atoms with Gasteiger partial charge in [-0.1, -0.05) is 29.3 Å². The van der Waals surface area contributed by atoms with Crippen molar-refractivity contribution in [2.24, 2.45) is 0 Å². The lowest BCUT2D eigenvalue weighted by Crippen LogP contribution is -2.16. The van der Waals surface area contributed by atoms with E-state index in [1.54, 1.807) is 13.2 Å². The molecule has 1 N–H and O–H groups in total. The first kappa shape index (κ1) is 21.8. The molecule has 0 saturated heterocycles. The number of hydrogen-bond donors (Lipinski definition) is 1. The Labute approximate surface area is 169 Å². The van der Waals surface area contributed by atoms with E-state index in [9.17, 15) is 4.39 Å². The Kier molecular flexibility index (Phi) is 9.15. The van der Waals surface area contributed by atoms with Crippen molar-refractivity contribution in [3.63, 3.8) is 0 Å². The Morgan fingerprint density at radius 1 is 1.07 bits per heavy atom. The first-order valence-electron chi connectivity index (χ1n) is 8.76. The largest absolute Gasteiger partial charge is 0.490 e. The van der Waals surface area contributed by atoms with Crippen LogP contribution >= 0.6 is 23.2 Å². The average molecular weight is 416 g/mol. The second-order valence-corrected chi connectivity index (χ2v) is 6.70. The van der Waals surface area contributed by atoms with E-state index in [1.165, 1.54) is 12.1 Å². The van der Waals surface area contributed by atoms with Gasteiger partial charge in [-0.3, -0.25) is 0 Å². The van der Waals surface area contributed by atoms with Crippen LogP contribution in [0, 0.1) is 5.82 Å². The molecule has 7 heteroatoms. The van der Waals surface area contributed by atoms with Crippen LogP contribution in [0.2, 0.25) is 10.0 Å². The zero-order valence-corrected chi connectivity index (χ0v) is 17.0. The van der Waals surface area contributed by atoms with Gasteiger partial charge in [-0.25, -0.2) is 4.39 Å². The highest BCUT2D eigenvalue weighted by Crippen LogP contribution is 2.37. The van der Waals surface area contributed by atoms with E-state index >= 15 is 0 Å². The van der Waals surface area contributed by atoms with Gasteiger partial charge in [0.15, 0.2) is 11.5 Å². The van der Waals surface area contributed by atoms with Crippen LogP contribution in [0.15, 0.2) is 30.3 Å². The van der Waals surface area contributed by atoms with Crippen LogP contribution in [-0.2, 0) is 17.9 Å². The molecule has 0 bridgehead atoms. The first-order valence-corrected chi connectivity index (χ1v) is 9.52. The molecule has 2 aromatic rings. The first-order chi connectivity index (χ1) is 13.0. The maximum Gasteiger partial charge on any atom is 0.180 e. The Hall–Kier alpha value is -1.53. The number of benzene rings is 2. The summed E-state index contributed by atoms with van der Waals surface area (Å²) < 4.78 is 29.7. The summed E-state index contributed by atoms with van der Waals surface area (Å²) in [6, 6.07) is 7.93. The standard InChI is InChI=1S/C20H24Cl2FNO3/c1-3-26-19-10-14(12-24-7-4-8-25-2)9-18(22)20(19)27-13-15-5-6-16(23)11-17(15)21/h5-6,9-11,24H,3-4,7-8,12-13H2,1-2H3. The highest BCUT2D eigenvalue weighted by atomic mass is 35.5. The van der Waals surface area contributed by atoms with E-state index in [-0.39, 0.29) is 12.4 Å². The molecule has 0 aliphatic heterocycles. The molecule has 0 aliphatic carbocycles. The van der Waals surface area contributed by atoms with Gasteiger partial charge in [0.25, 0.3) is 0 Å². The minimum atomic E-state index is -0.390. The van der Waals surface area contributed by atoms with Gasteiger partial charge < -0.3 is 19.5 Å². The number of methoxy groups -OCH3 is 1. The van der Waals surface area contributed by atoms with Crippen LogP contribution < -0.4 is 14.8 Å². The molecule has 0 unspecified atom stereocenters. The summed E-state index contributed by atoms with van der Waals surface area (Å²) in [5.41, 5.74) is 1.66. The minimum absolute atomic E-state index is 0.160. The van der Waals surface area contributed by atoms with Gasteiger partial charge >= 0.3 is 0 Å². The molecular weight excluding hydrogens is 392 g/mol. The molecule has 2 aromatic carbocycles. The predicted octanol–water partition coefficient (Wildman–Crippen LogP) is 5.24. The van der Waals surface area contributed by atoms with Crippen LogP contribution in [0.25, 0.3) is 0 Å². The Morgan fingerprint density at radius 3 is 2.59 bits per heavy atom. The summed E-state index contributed by atoms with van der Waals surface area (Å²) in [5.74, 6) is 0.623. The summed E-state index contributed by atoms with van der Waals surface area (Å²) in [6.45, 7) is 4.76. The molecular formula is C20H24Cl2FNO3. The fraction of sp³-hybridized carbons (Fsp3) is 0.400. The zero-order valence-electron chi connectivity index (χ0n) is 15.5. The normalized spacial score (nSPS) is 10.9. The van der Waals surface area contributed by atoms with Gasteiger partial charge in [-0.15, -0.1) is 0 Å². The third-order valence-corrected chi connectivity index (χ3v) is 4.42. The summed E-state index contributed by atoms with van der Waals surface area (Å²) >= 11 is 12.5. The van der Waals surface area contributed by atoms with Crippen LogP contribution in [0.5, 0.6) is 11.5 Å². The predicted molar refractivity (Wildman–Crippen MR) is 107 cm³/mol. The Balaban J connectivity index is 2.08. The van der Waals surface area contributed by atoms with Crippen molar-refractivity contribution < 1.29 is 18.6 Å². The van der Waals surface area contributed by atoms with E-state index < -0.39 is 0 Å².